The van der Waals surface area contributed by atoms with Gasteiger partial charge in [-0.25, -0.2) is 23.1 Å². The molecule has 1 amide bonds. The number of fused-ring (bicyclic) bond motifs is 3. The molecule has 1 aliphatic rings. The van der Waals surface area contributed by atoms with Gasteiger partial charge in [-0.3, -0.25) is 9.20 Å². The van der Waals surface area contributed by atoms with Gasteiger partial charge in [0.25, 0.3) is 6.43 Å². The molecule has 39 heavy (non-hydrogen) atoms. The summed E-state index contributed by atoms with van der Waals surface area (Å²) >= 11 is 0. The number of hydrogen-bond acceptors (Lipinski definition) is 7. The van der Waals surface area contributed by atoms with Crippen LogP contribution in [0.5, 0.6) is 0 Å². The molecule has 1 N–H and O–H groups in total. The van der Waals surface area contributed by atoms with Gasteiger partial charge in [0.05, 0.1) is 22.6 Å². The number of carbonyl (C=O) groups excluding carboxylic acids is 1. The van der Waals surface area contributed by atoms with Crippen molar-refractivity contribution in [1.82, 2.24) is 29.5 Å². The maximum atomic E-state index is 15.0. The molecule has 0 saturated carbocycles. The van der Waals surface area contributed by atoms with Crippen LogP contribution in [0.25, 0.3) is 16.7 Å². The van der Waals surface area contributed by atoms with Crippen molar-refractivity contribution in [1.29, 1.82) is 0 Å². The van der Waals surface area contributed by atoms with Crippen molar-refractivity contribution in [3.8, 4) is 0 Å². The molecular weight excluding hydrogens is 511 g/mol. The Kier molecular flexibility index (Phi) is 6.91. The van der Waals surface area contributed by atoms with Crippen molar-refractivity contribution in [2.45, 2.75) is 58.6 Å². The molecule has 9 nitrogen and oxygen atoms in total. The molecule has 1 atom stereocenters. The lowest BCUT2D eigenvalue weighted by Gasteiger charge is -2.41. The number of hydrogen-bond donors (Lipinski definition) is 1. The Balaban J connectivity index is 1.66. The number of rotatable bonds is 6. The Bertz CT molecular complexity index is 1560. The van der Waals surface area contributed by atoms with Crippen LogP contribution >= 0.6 is 0 Å². The molecule has 4 heterocycles. The lowest BCUT2D eigenvalue weighted by molar-refractivity contribution is -0.134. The van der Waals surface area contributed by atoms with Crippen molar-refractivity contribution in [3.05, 3.63) is 58.4 Å². The predicted molar refractivity (Wildman–Crippen MR) is 139 cm³/mol. The molecule has 3 aromatic heterocycles. The second-order valence-corrected chi connectivity index (χ2v) is 9.94. The van der Waals surface area contributed by atoms with E-state index in [1.54, 1.807) is 32.8 Å². The van der Waals surface area contributed by atoms with Gasteiger partial charge in [-0.05, 0) is 39.7 Å². The number of amides is 1. The molecule has 12 heteroatoms. The highest BCUT2D eigenvalue weighted by Crippen LogP contribution is 2.41. The molecule has 1 aromatic carbocycles. The molecule has 0 aliphatic carbocycles. The second kappa shape index (κ2) is 10.1. The number of methoxy groups -OCH3 is 1. The van der Waals surface area contributed by atoms with E-state index in [9.17, 15) is 18.0 Å². The topological polar surface area (TPSA) is 97.5 Å². The molecule has 0 spiro atoms. The molecule has 206 valence electrons. The number of halogens is 3. The van der Waals surface area contributed by atoms with E-state index in [0.717, 1.165) is 11.6 Å². The van der Waals surface area contributed by atoms with Crippen LogP contribution < -0.4 is 5.32 Å². The summed E-state index contributed by atoms with van der Waals surface area (Å²) < 4.78 is 49.6. The minimum Gasteiger partial charge on any atom is -0.373 e. The summed E-state index contributed by atoms with van der Waals surface area (Å²) in [4.78, 5) is 23.0. The van der Waals surface area contributed by atoms with Crippen molar-refractivity contribution in [2.75, 3.05) is 25.5 Å². The Morgan fingerprint density at radius 3 is 2.44 bits per heavy atom. The first kappa shape index (κ1) is 26.8. The molecule has 1 aliphatic heterocycles. The smallest absolute Gasteiger partial charge is 0.266 e. The van der Waals surface area contributed by atoms with E-state index in [1.165, 1.54) is 12.1 Å². The molecular formula is C27H30F3N7O2. The van der Waals surface area contributed by atoms with Gasteiger partial charge in [0, 0.05) is 38.2 Å². The van der Waals surface area contributed by atoms with E-state index in [-0.39, 0.29) is 11.5 Å². The number of aromatic nitrogens is 5. The summed E-state index contributed by atoms with van der Waals surface area (Å²) in [5, 5.41) is 12.6. The number of pyridine rings is 1. The highest BCUT2D eigenvalue weighted by atomic mass is 19.3. The van der Waals surface area contributed by atoms with E-state index in [2.05, 4.69) is 25.5 Å². The van der Waals surface area contributed by atoms with Gasteiger partial charge in [-0.15, -0.1) is 10.2 Å². The van der Waals surface area contributed by atoms with Crippen molar-refractivity contribution in [2.24, 2.45) is 0 Å². The molecule has 0 radical (unpaired) electrons. The van der Waals surface area contributed by atoms with Crippen LogP contribution in [0.1, 0.15) is 67.5 Å². The first-order valence-corrected chi connectivity index (χ1v) is 12.7. The van der Waals surface area contributed by atoms with Crippen LogP contribution in [0.3, 0.4) is 0 Å². The first-order chi connectivity index (χ1) is 18.6. The zero-order valence-electron chi connectivity index (χ0n) is 22.4. The molecule has 0 unspecified atom stereocenters. The van der Waals surface area contributed by atoms with Crippen LogP contribution in [0.15, 0.2) is 24.3 Å². The maximum Gasteiger partial charge on any atom is 0.266 e. The number of aryl methyl sites for hydroxylation is 2. The lowest BCUT2D eigenvalue weighted by Crippen LogP contribution is -2.45. The van der Waals surface area contributed by atoms with Crippen LogP contribution in [-0.4, -0.2) is 55.6 Å². The normalized spacial score (nSPS) is 16.3. The minimum absolute atomic E-state index is 0.00850. The fraction of sp³-hybridized carbons (Fsp3) is 0.444. The van der Waals surface area contributed by atoms with Crippen molar-refractivity contribution < 1.29 is 22.7 Å². The first-order valence-electron chi connectivity index (χ1n) is 12.7. The molecule has 1 fully saturated rings. The lowest BCUT2D eigenvalue weighted by atomic mass is 9.84. The fourth-order valence-corrected chi connectivity index (χ4v) is 5.43. The number of alkyl halides is 2. The third kappa shape index (κ3) is 4.56. The molecule has 4 aromatic rings. The highest BCUT2D eigenvalue weighted by molar-refractivity contribution is 5.90. The van der Waals surface area contributed by atoms with Crippen LogP contribution in [0.4, 0.5) is 19.0 Å². The molecule has 5 rings (SSSR count). The van der Waals surface area contributed by atoms with E-state index >= 15 is 0 Å². The number of carbonyl (C=O) groups is 1. The summed E-state index contributed by atoms with van der Waals surface area (Å²) in [6.45, 7) is 7.84. The Morgan fingerprint density at radius 2 is 1.79 bits per heavy atom. The van der Waals surface area contributed by atoms with Crippen LogP contribution in [-0.2, 0) is 15.1 Å². The second-order valence-electron chi connectivity index (χ2n) is 9.94. The largest absolute Gasteiger partial charge is 0.373 e. The van der Waals surface area contributed by atoms with Crippen molar-refractivity contribution in [3.63, 3.8) is 0 Å². The van der Waals surface area contributed by atoms with Gasteiger partial charge in [-0.1, -0.05) is 18.2 Å². The van der Waals surface area contributed by atoms with E-state index in [1.807, 2.05) is 17.4 Å². The number of nitrogens with zero attached hydrogens (tertiary/aromatic N) is 6. The number of likely N-dealkylation sites (tertiary alicyclic amines) is 1. The molecule has 1 saturated heterocycles. The highest BCUT2D eigenvalue weighted by Gasteiger charge is 2.40. The van der Waals surface area contributed by atoms with Gasteiger partial charge in [0.1, 0.15) is 23.3 Å². The summed E-state index contributed by atoms with van der Waals surface area (Å²) in [5.41, 5.74) is 0.623. The van der Waals surface area contributed by atoms with E-state index in [4.69, 9.17) is 4.74 Å². The van der Waals surface area contributed by atoms with E-state index in [0.29, 0.717) is 60.1 Å². The number of ether oxygens (including phenoxy) is 1. The van der Waals surface area contributed by atoms with Gasteiger partial charge in [-0.2, -0.15) is 0 Å². The average Bonchev–Trinajstić information content (AvgIpc) is 3.29. The molecule has 0 bridgehead atoms. The summed E-state index contributed by atoms with van der Waals surface area (Å²) in [5.74, 6) is 0.537. The SMILES string of the molecule is COC1(c2cc3c(N[C@H](C)c4cccc(C(F)F)c4F)nc(C)nc3n3c(C)nnc23)CCN(C(C)=O)CC1. The van der Waals surface area contributed by atoms with Gasteiger partial charge < -0.3 is 15.0 Å². The number of nitrogens with one attached hydrogen (secondary N) is 1. The van der Waals surface area contributed by atoms with Crippen LogP contribution in [0, 0.1) is 19.7 Å². The monoisotopic (exact) mass is 541 g/mol. The number of piperidine rings is 1. The van der Waals surface area contributed by atoms with Gasteiger partial charge in [0.15, 0.2) is 11.3 Å². The number of benzene rings is 1. The Morgan fingerprint density at radius 1 is 1.10 bits per heavy atom. The minimum atomic E-state index is -2.92. The quantitative estimate of drug-likeness (QED) is 0.366. The zero-order valence-corrected chi connectivity index (χ0v) is 22.4. The standard InChI is InChI=1S/C27H30F3N7O2/c1-14(18-7-6-8-19(22(18)28)23(29)30)31-24-20-13-21(27(39-5)9-11-36(12-10-27)17(4)38)26-35-34-16(3)37(26)25(20)33-15(2)32-24/h6-8,13-14,23H,9-12H2,1-5H3,(H,31,32,33)/t14-/m1/s1. The Hall–Kier alpha value is -3.80. The fourth-order valence-electron chi connectivity index (χ4n) is 5.43. The third-order valence-corrected chi connectivity index (χ3v) is 7.61. The summed E-state index contributed by atoms with van der Waals surface area (Å²) in [7, 11) is 1.64. The zero-order chi connectivity index (χ0) is 28.1. The summed E-state index contributed by atoms with van der Waals surface area (Å²) in [6.07, 6.45) is -1.83. The Labute approximate surface area is 223 Å². The van der Waals surface area contributed by atoms with Crippen LogP contribution in [0.2, 0.25) is 0 Å². The average molecular weight is 542 g/mol. The van der Waals surface area contributed by atoms with Crippen molar-refractivity contribution >= 4 is 28.4 Å². The van der Waals surface area contributed by atoms with Gasteiger partial charge in [0.2, 0.25) is 5.91 Å². The predicted octanol–water partition coefficient (Wildman–Crippen LogP) is 5.02. The third-order valence-electron chi connectivity index (χ3n) is 7.61. The number of anilines is 1. The maximum absolute atomic E-state index is 15.0. The van der Waals surface area contributed by atoms with E-state index < -0.39 is 29.4 Å². The van der Waals surface area contributed by atoms with Gasteiger partial charge >= 0.3 is 0 Å². The summed E-state index contributed by atoms with van der Waals surface area (Å²) in [6, 6.07) is 5.20.